The summed E-state index contributed by atoms with van der Waals surface area (Å²) in [6.45, 7) is 1.52. The Morgan fingerprint density at radius 3 is 2.75 bits per heavy atom. The third-order valence-corrected chi connectivity index (χ3v) is 7.87. The average Bonchev–Trinajstić information content (AvgIpc) is 3.11. The van der Waals surface area contributed by atoms with E-state index in [4.69, 9.17) is 16.6 Å². The quantitative estimate of drug-likeness (QED) is 0.684. The van der Waals surface area contributed by atoms with Crippen LogP contribution in [-0.4, -0.2) is 43.0 Å². The van der Waals surface area contributed by atoms with Crippen molar-refractivity contribution in [2.24, 2.45) is 4.99 Å². The SMILES string of the molecule is CC(=O)c1cccc(N2C(SCc3cccc(Cl)c3)=N[C@@H]3CS(=O)(=O)C[C@@H]32)c1. The molecule has 2 aliphatic heterocycles. The van der Waals surface area contributed by atoms with Gasteiger partial charge in [-0.05, 0) is 36.8 Å². The lowest BCUT2D eigenvalue weighted by molar-refractivity contribution is 0.101. The smallest absolute Gasteiger partial charge is 0.164 e. The Bertz CT molecular complexity index is 1070. The van der Waals surface area contributed by atoms with E-state index < -0.39 is 9.84 Å². The number of hydrogen-bond donors (Lipinski definition) is 0. The first-order chi connectivity index (χ1) is 13.3. The molecule has 2 aromatic rings. The fraction of sp³-hybridized carbons (Fsp3) is 0.300. The first-order valence-electron chi connectivity index (χ1n) is 8.88. The maximum atomic E-state index is 12.1. The summed E-state index contributed by atoms with van der Waals surface area (Å²) in [5.41, 5.74) is 2.47. The minimum atomic E-state index is -3.11. The van der Waals surface area contributed by atoms with Crippen LogP contribution in [0.25, 0.3) is 0 Å². The topological polar surface area (TPSA) is 66.8 Å². The number of amidine groups is 1. The number of ketones is 1. The fourth-order valence-electron chi connectivity index (χ4n) is 3.58. The van der Waals surface area contributed by atoms with E-state index in [9.17, 15) is 13.2 Å². The monoisotopic (exact) mass is 434 g/mol. The second-order valence-electron chi connectivity index (χ2n) is 7.02. The number of aliphatic imine (C=N–C) groups is 1. The molecule has 0 N–H and O–H groups in total. The second kappa shape index (κ2) is 7.54. The van der Waals surface area contributed by atoms with Gasteiger partial charge < -0.3 is 4.90 Å². The molecule has 0 spiro atoms. The molecule has 146 valence electrons. The number of carbonyl (C=O) groups excluding carboxylic acids is 1. The zero-order chi connectivity index (χ0) is 19.9. The van der Waals surface area contributed by atoms with Crippen molar-refractivity contribution in [3.8, 4) is 0 Å². The lowest BCUT2D eigenvalue weighted by Gasteiger charge is -2.26. The maximum Gasteiger partial charge on any atom is 0.164 e. The van der Waals surface area contributed by atoms with Gasteiger partial charge in [-0.15, -0.1) is 0 Å². The van der Waals surface area contributed by atoms with Gasteiger partial charge in [0.2, 0.25) is 0 Å². The highest BCUT2D eigenvalue weighted by Gasteiger charge is 2.47. The van der Waals surface area contributed by atoms with Crippen molar-refractivity contribution in [2.45, 2.75) is 24.8 Å². The van der Waals surface area contributed by atoms with E-state index in [0.29, 0.717) is 16.3 Å². The molecule has 2 atom stereocenters. The Balaban J connectivity index is 1.65. The highest BCUT2D eigenvalue weighted by atomic mass is 35.5. The summed E-state index contributed by atoms with van der Waals surface area (Å²) in [4.78, 5) is 18.5. The number of halogens is 1. The van der Waals surface area contributed by atoms with Gasteiger partial charge in [-0.2, -0.15) is 0 Å². The molecule has 0 unspecified atom stereocenters. The van der Waals surface area contributed by atoms with Gasteiger partial charge in [0.1, 0.15) is 0 Å². The second-order valence-corrected chi connectivity index (χ2v) is 10.6. The van der Waals surface area contributed by atoms with Gasteiger partial charge in [-0.25, -0.2) is 8.42 Å². The molecule has 0 bridgehead atoms. The van der Waals surface area contributed by atoms with Crippen LogP contribution in [0.2, 0.25) is 5.02 Å². The number of thioether (sulfide) groups is 1. The van der Waals surface area contributed by atoms with Crippen molar-refractivity contribution in [3.05, 3.63) is 64.7 Å². The van der Waals surface area contributed by atoms with Gasteiger partial charge in [0.25, 0.3) is 0 Å². The molecule has 2 aliphatic rings. The van der Waals surface area contributed by atoms with E-state index in [1.54, 1.807) is 17.8 Å². The molecule has 0 saturated carbocycles. The largest absolute Gasteiger partial charge is 0.315 e. The number of anilines is 1. The lowest BCUT2D eigenvalue weighted by Crippen LogP contribution is -2.39. The molecule has 5 nitrogen and oxygen atoms in total. The Hall–Kier alpha value is -1.83. The molecule has 8 heteroatoms. The van der Waals surface area contributed by atoms with Crippen molar-refractivity contribution < 1.29 is 13.2 Å². The van der Waals surface area contributed by atoms with Crippen LogP contribution < -0.4 is 4.90 Å². The molecule has 0 amide bonds. The van der Waals surface area contributed by atoms with Crippen LogP contribution in [0, 0.1) is 0 Å². The Morgan fingerprint density at radius 2 is 2.00 bits per heavy atom. The first-order valence-corrected chi connectivity index (χ1v) is 12.1. The van der Waals surface area contributed by atoms with Gasteiger partial charge in [-0.3, -0.25) is 9.79 Å². The highest BCUT2D eigenvalue weighted by Crippen LogP contribution is 2.36. The number of fused-ring (bicyclic) bond motifs is 1. The summed E-state index contributed by atoms with van der Waals surface area (Å²) < 4.78 is 24.3. The third kappa shape index (κ3) is 3.97. The molecule has 1 fully saturated rings. The van der Waals surface area contributed by atoms with Gasteiger partial charge >= 0.3 is 0 Å². The van der Waals surface area contributed by atoms with Gasteiger partial charge in [0.15, 0.2) is 20.8 Å². The fourth-order valence-corrected chi connectivity index (χ4v) is 6.71. The van der Waals surface area contributed by atoms with Crippen LogP contribution >= 0.6 is 23.4 Å². The summed E-state index contributed by atoms with van der Waals surface area (Å²) in [7, 11) is -3.11. The van der Waals surface area contributed by atoms with Crippen LogP contribution in [0.3, 0.4) is 0 Å². The summed E-state index contributed by atoms with van der Waals surface area (Å²) in [6.07, 6.45) is 0. The van der Waals surface area contributed by atoms with Crippen LogP contribution in [0.5, 0.6) is 0 Å². The number of rotatable bonds is 4. The van der Waals surface area contributed by atoms with E-state index in [1.165, 1.54) is 6.92 Å². The van der Waals surface area contributed by atoms with Crippen molar-refractivity contribution >= 4 is 49.8 Å². The van der Waals surface area contributed by atoms with E-state index in [0.717, 1.165) is 16.4 Å². The van der Waals surface area contributed by atoms with Crippen LogP contribution in [-0.2, 0) is 15.6 Å². The Kier molecular flexibility index (Phi) is 5.24. The summed E-state index contributed by atoms with van der Waals surface area (Å²) in [5, 5.41) is 1.46. The first kappa shape index (κ1) is 19.5. The molecule has 1 saturated heterocycles. The number of nitrogens with zero attached hydrogens (tertiary/aromatic N) is 2. The van der Waals surface area contributed by atoms with Gasteiger partial charge in [0, 0.05) is 22.0 Å². The molecule has 2 aromatic carbocycles. The molecule has 28 heavy (non-hydrogen) atoms. The normalized spacial score (nSPS) is 22.8. The van der Waals surface area contributed by atoms with E-state index >= 15 is 0 Å². The number of hydrogen-bond acceptors (Lipinski definition) is 6. The standard InChI is InChI=1S/C20H19ClN2O3S2/c1-13(24)15-5-3-7-17(9-15)23-19-12-28(25,26)11-18(19)22-20(23)27-10-14-4-2-6-16(21)8-14/h2-9,18-19H,10-12H2,1H3/t18-,19+/m1/s1. The summed E-state index contributed by atoms with van der Waals surface area (Å²) in [5.74, 6) is 0.796. The number of Topliss-reactive ketones (excluding diaryl/α,β-unsaturated/α-hetero) is 1. The Labute approximate surface area is 173 Å². The zero-order valence-corrected chi connectivity index (χ0v) is 17.6. The van der Waals surface area contributed by atoms with Crippen molar-refractivity contribution in [2.75, 3.05) is 16.4 Å². The summed E-state index contributed by atoms with van der Waals surface area (Å²) in [6, 6.07) is 14.4. The number of sulfone groups is 1. The average molecular weight is 435 g/mol. The van der Waals surface area contributed by atoms with Gasteiger partial charge in [-0.1, -0.05) is 47.6 Å². The van der Waals surface area contributed by atoms with E-state index in [-0.39, 0.29) is 29.4 Å². The van der Waals surface area contributed by atoms with Crippen LogP contribution in [0.1, 0.15) is 22.8 Å². The third-order valence-electron chi connectivity index (χ3n) is 4.90. The van der Waals surface area contributed by atoms with E-state index in [1.807, 2.05) is 47.4 Å². The molecule has 0 aromatic heterocycles. The molecular formula is C20H19ClN2O3S2. The zero-order valence-electron chi connectivity index (χ0n) is 15.2. The number of benzene rings is 2. The molecule has 0 radical (unpaired) electrons. The predicted octanol–water partition coefficient (Wildman–Crippen LogP) is 3.82. The predicted molar refractivity (Wildman–Crippen MR) is 115 cm³/mol. The maximum absolute atomic E-state index is 12.1. The van der Waals surface area contributed by atoms with Crippen LogP contribution in [0.15, 0.2) is 53.5 Å². The van der Waals surface area contributed by atoms with Crippen molar-refractivity contribution in [1.29, 1.82) is 0 Å². The van der Waals surface area contributed by atoms with Gasteiger partial charge in [0.05, 0.1) is 23.6 Å². The minimum absolute atomic E-state index is 0.0262. The summed E-state index contributed by atoms with van der Waals surface area (Å²) >= 11 is 7.63. The molecule has 4 rings (SSSR count). The van der Waals surface area contributed by atoms with Crippen molar-refractivity contribution in [1.82, 2.24) is 0 Å². The number of carbonyl (C=O) groups is 1. The molecular weight excluding hydrogens is 416 g/mol. The van der Waals surface area contributed by atoms with E-state index in [2.05, 4.69) is 0 Å². The molecule has 0 aliphatic carbocycles. The van der Waals surface area contributed by atoms with Crippen molar-refractivity contribution in [3.63, 3.8) is 0 Å². The molecule has 2 heterocycles. The highest BCUT2D eigenvalue weighted by molar-refractivity contribution is 8.13. The Morgan fingerprint density at radius 1 is 1.21 bits per heavy atom. The minimum Gasteiger partial charge on any atom is -0.315 e. The lowest BCUT2D eigenvalue weighted by atomic mass is 10.1. The van der Waals surface area contributed by atoms with Crippen LogP contribution in [0.4, 0.5) is 5.69 Å².